The molecule has 1 saturated heterocycles. The van der Waals surface area contributed by atoms with Gasteiger partial charge in [0, 0.05) is 31.5 Å². The number of amides is 1. The number of aryl methyl sites for hydroxylation is 1. The van der Waals surface area contributed by atoms with Crippen LogP contribution in [-0.4, -0.2) is 29.1 Å². The molecule has 1 aromatic carbocycles. The van der Waals surface area contributed by atoms with Gasteiger partial charge in [-0.2, -0.15) is 4.98 Å². The van der Waals surface area contributed by atoms with E-state index in [1.165, 1.54) is 5.56 Å². The highest BCUT2D eigenvalue weighted by molar-refractivity contribution is 5.78. The van der Waals surface area contributed by atoms with Gasteiger partial charge in [-0.15, -0.1) is 0 Å². The van der Waals surface area contributed by atoms with E-state index in [1.807, 2.05) is 13.8 Å². The van der Waals surface area contributed by atoms with Gasteiger partial charge < -0.3 is 14.7 Å². The van der Waals surface area contributed by atoms with Gasteiger partial charge in [0.2, 0.25) is 5.91 Å². The molecule has 2 heterocycles. The average molecular weight is 342 g/mol. The Bertz CT molecular complexity index is 700. The van der Waals surface area contributed by atoms with E-state index >= 15 is 0 Å². The van der Waals surface area contributed by atoms with Crippen LogP contribution in [0.2, 0.25) is 0 Å². The van der Waals surface area contributed by atoms with E-state index in [0.717, 1.165) is 37.3 Å². The van der Waals surface area contributed by atoms with Crippen LogP contribution in [0.3, 0.4) is 0 Å². The van der Waals surface area contributed by atoms with Gasteiger partial charge in [-0.3, -0.25) is 4.79 Å². The molecule has 0 aliphatic carbocycles. The normalized spacial score (nSPS) is 15.6. The Labute approximate surface area is 148 Å². The molecular formula is C19H26N4O2. The molecule has 0 radical (unpaired) electrons. The number of anilines is 1. The van der Waals surface area contributed by atoms with Crippen molar-refractivity contribution < 1.29 is 9.32 Å². The van der Waals surface area contributed by atoms with Crippen LogP contribution in [0, 0.1) is 12.8 Å². The Hall–Kier alpha value is -2.37. The molecule has 134 valence electrons. The van der Waals surface area contributed by atoms with Gasteiger partial charge in [0.1, 0.15) is 0 Å². The number of aromatic nitrogens is 2. The molecule has 0 spiro atoms. The third-order valence-electron chi connectivity index (χ3n) is 4.67. The maximum Gasteiger partial charge on any atom is 0.324 e. The summed E-state index contributed by atoms with van der Waals surface area (Å²) in [6.07, 6.45) is 1.61. The molecule has 1 fully saturated rings. The quantitative estimate of drug-likeness (QED) is 0.904. The zero-order valence-corrected chi connectivity index (χ0v) is 15.2. The minimum Gasteiger partial charge on any atom is -0.352 e. The Balaban J connectivity index is 1.47. The summed E-state index contributed by atoms with van der Waals surface area (Å²) in [4.78, 5) is 18.9. The van der Waals surface area contributed by atoms with Crippen LogP contribution in [0.5, 0.6) is 0 Å². The molecule has 2 aromatic rings. The predicted molar refractivity (Wildman–Crippen MR) is 96.3 cm³/mol. The van der Waals surface area contributed by atoms with Crippen LogP contribution in [0.1, 0.15) is 49.6 Å². The minimum atomic E-state index is 0.0502. The molecular weight excluding hydrogens is 316 g/mol. The van der Waals surface area contributed by atoms with Crippen LogP contribution in [0.4, 0.5) is 6.01 Å². The lowest BCUT2D eigenvalue weighted by Crippen LogP contribution is -2.40. The smallest absolute Gasteiger partial charge is 0.324 e. The number of rotatable bonds is 5. The third-order valence-corrected chi connectivity index (χ3v) is 4.67. The second-order valence-corrected chi connectivity index (χ2v) is 7.05. The first-order valence-corrected chi connectivity index (χ1v) is 8.94. The van der Waals surface area contributed by atoms with Gasteiger partial charge in [0.25, 0.3) is 0 Å². The van der Waals surface area contributed by atoms with E-state index in [9.17, 15) is 4.79 Å². The lowest BCUT2D eigenvalue weighted by Gasteiger charge is -2.29. The molecule has 3 rings (SSSR count). The molecule has 1 aliphatic heterocycles. The van der Waals surface area contributed by atoms with Crippen molar-refractivity contribution in [2.45, 2.75) is 46.1 Å². The van der Waals surface area contributed by atoms with E-state index < -0.39 is 0 Å². The molecule has 6 nitrogen and oxygen atoms in total. The fourth-order valence-electron chi connectivity index (χ4n) is 2.96. The van der Waals surface area contributed by atoms with Crippen LogP contribution in [0.25, 0.3) is 0 Å². The standard InChI is InChI=1S/C19H26N4O2/c1-13(2)17-21-19(25-22-17)23-10-8-16(9-11-23)18(24)20-12-15-6-4-14(3)5-7-15/h4-7,13,16H,8-12H2,1-3H3,(H,20,24). The second-order valence-electron chi connectivity index (χ2n) is 7.05. The minimum absolute atomic E-state index is 0.0502. The molecule has 6 heteroatoms. The van der Waals surface area contributed by atoms with Gasteiger partial charge in [-0.1, -0.05) is 48.8 Å². The van der Waals surface area contributed by atoms with Crippen molar-refractivity contribution in [2.75, 3.05) is 18.0 Å². The van der Waals surface area contributed by atoms with Crippen molar-refractivity contribution >= 4 is 11.9 Å². The fraction of sp³-hybridized carbons (Fsp3) is 0.526. The van der Waals surface area contributed by atoms with Crippen molar-refractivity contribution in [3.05, 3.63) is 41.2 Å². The maximum atomic E-state index is 12.4. The number of piperidine rings is 1. The van der Waals surface area contributed by atoms with Crippen LogP contribution < -0.4 is 10.2 Å². The number of benzene rings is 1. The Kier molecular flexibility index (Phi) is 5.36. The summed E-state index contributed by atoms with van der Waals surface area (Å²) >= 11 is 0. The highest BCUT2D eigenvalue weighted by Crippen LogP contribution is 2.23. The highest BCUT2D eigenvalue weighted by Gasteiger charge is 2.27. The maximum absolute atomic E-state index is 12.4. The van der Waals surface area contributed by atoms with E-state index in [2.05, 4.69) is 51.5 Å². The van der Waals surface area contributed by atoms with Gasteiger partial charge in [-0.25, -0.2) is 0 Å². The number of carbonyl (C=O) groups is 1. The van der Waals surface area contributed by atoms with Crippen molar-refractivity contribution in [3.63, 3.8) is 0 Å². The second kappa shape index (κ2) is 7.68. The summed E-state index contributed by atoms with van der Waals surface area (Å²) in [6, 6.07) is 8.81. The molecule has 0 unspecified atom stereocenters. The highest BCUT2D eigenvalue weighted by atomic mass is 16.5. The summed E-state index contributed by atoms with van der Waals surface area (Å²) in [6.45, 7) is 8.26. The van der Waals surface area contributed by atoms with E-state index in [-0.39, 0.29) is 17.7 Å². The fourth-order valence-corrected chi connectivity index (χ4v) is 2.96. The SMILES string of the molecule is Cc1ccc(CNC(=O)C2CCN(c3nc(C(C)C)no3)CC2)cc1. The largest absolute Gasteiger partial charge is 0.352 e. The summed E-state index contributed by atoms with van der Waals surface area (Å²) in [5.41, 5.74) is 2.35. The number of hydrogen-bond donors (Lipinski definition) is 1. The zero-order valence-electron chi connectivity index (χ0n) is 15.2. The molecule has 25 heavy (non-hydrogen) atoms. The summed E-state index contributed by atoms with van der Waals surface area (Å²) < 4.78 is 5.34. The molecule has 1 aromatic heterocycles. The van der Waals surface area contributed by atoms with Gasteiger partial charge >= 0.3 is 6.01 Å². The molecule has 0 atom stereocenters. The molecule has 1 N–H and O–H groups in total. The molecule has 1 amide bonds. The number of carbonyl (C=O) groups excluding carboxylic acids is 1. The summed E-state index contributed by atoms with van der Waals surface area (Å²) in [7, 11) is 0. The first-order valence-electron chi connectivity index (χ1n) is 8.94. The average Bonchev–Trinajstić information content (AvgIpc) is 3.11. The van der Waals surface area contributed by atoms with E-state index in [1.54, 1.807) is 0 Å². The van der Waals surface area contributed by atoms with Crippen molar-refractivity contribution in [3.8, 4) is 0 Å². The summed E-state index contributed by atoms with van der Waals surface area (Å²) in [5, 5.41) is 7.06. The monoisotopic (exact) mass is 342 g/mol. The molecule has 0 bridgehead atoms. The van der Waals surface area contributed by atoms with Crippen LogP contribution in [-0.2, 0) is 11.3 Å². The van der Waals surface area contributed by atoms with Gasteiger partial charge in [-0.05, 0) is 25.3 Å². The van der Waals surface area contributed by atoms with Gasteiger partial charge in [0.15, 0.2) is 5.82 Å². The third kappa shape index (κ3) is 4.38. The topological polar surface area (TPSA) is 71.3 Å². The van der Waals surface area contributed by atoms with Crippen molar-refractivity contribution in [2.24, 2.45) is 5.92 Å². The lowest BCUT2D eigenvalue weighted by atomic mass is 9.96. The number of nitrogens with one attached hydrogen (secondary N) is 1. The predicted octanol–water partition coefficient (Wildman–Crippen LogP) is 3.03. The Morgan fingerprint density at radius 2 is 1.96 bits per heavy atom. The van der Waals surface area contributed by atoms with Crippen LogP contribution >= 0.6 is 0 Å². The van der Waals surface area contributed by atoms with Crippen molar-refractivity contribution in [1.29, 1.82) is 0 Å². The van der Waals surface area contributed by atoms with Crippen LogP contribution in [0.15, 0.2) is 28.8 Å². The number of hydrogen-bond acceptors (Lipinski definition) is 5. The molecule has 0 saturated carbocycles. The molecule has 1 aliphatic rings. The lowest BCUT2D eigenvalue weighted by molar-refractivity contribution is -0.125. The Morgan fingerprint density at radius 3 is 2.56 bits per heavy atom. The zero-order chi connectivity index (χ0) is 17.8. The van der Waals surface area contributed by atoms with Crippen molar-refractivity contribution in [1.82, 2.24) is 15.5 Å². The van der Waals surface area contributed by atoms with Gasteiger partial charge in [0.05, 0.1) is 0 Å². The first-order chi connectivity index (χ1) is 12.0. The first kappa shape index (κ1) is 17.5. The Morgan fingerprint density at radius 1 is 1.28 bits per heavy atom. The number of nitrogens with zero attached hydrogens (tertiary/aromatic N) is 3. The van der Waals surface area contributed by atoms with E-state index in [0.29, 0.717) is 12.6 Å². The van der Waals surface area contributed by atoms with E-state index in [4.69, 9.17) is 4.52 Å². The summed E-state index contributed by atoms with van der Waals surface area (Å²) in [5.74, 6) is 1.17.